The monoisotopic (exact) mass is 348 g/mol. The molecule has 0 saturated heterocycles. The van der Waals surface area contributed by atoms with E-state index in [1.165, 1.54) is 10.8 Å². The molecule has 2 nitrogen and oxygen atoms in total. The summed E-state index contributed by atoms with van der Waals surface area (Å²) in [7, 11) is 0. The van der Waals surface area contributed by atoms with Gasteiger partial charge in [-0.25, -0.2) is 4.79 Å². The highest BCUT2D eigenvalue weighted by Gasteiger charge is 2.17. The van der Waals surface area contributed by atoms with E-state index in [9.17, 15) is 9.90 Å². The van der Waals surface area contributed by atoms with E-state index in [0.717, 1.165) is 32.7 Å². The molecule has 0 aromatic heterocycles. The number of aromatic carboxylic acids is 1. The van der Waals surface area contributed by atoms with Crippen LogP contribution in [-0.2, 0) is 0 Å². The van der Waals surface area contributed by atoms with Gasteiger partial charge in [0, 0.05) is 0 Å². The molecule has 1 N–H and O–H groups in total. The standard InChI is InChI=1S/C25H16O2/c26-25(27)22-12-6-5-11-20(22)24-19-10-4-2-8-17(19)15-23-18-9-3-1-7-16(18)13-14-21(23)24/h1-15H,(H,26,27). The Labute approximate surface area is 156 Å². The van der Waals surface area contributed by atoms with Gasteiger partial charge in [-0.05, 0) is 55.6 Å². The first kappa shape index (κ1) is 15.6. The van der Waals surface area contributed by atoms with E-state index in [4.69, 9.17) is 0 Å². The lowest BCUT2D eigenvalue weighted by Gasteiger charge is -2.15. The summed E-state index contributed by atoms with van der Waals surface area (Å²) in [6.45, 7) is 0. The predicted molar refractivity (Wildman–Crippen MR) is 111 cm³/mol. The highest BCUT2D eigenvalue weighted by Crippen LogP contribution is 2.40. The molecule has 2 heteroatoms. The van der Waals surface area contributed by atoms with Crippen molar-refractivity contribution >= 4 is 38.3 Å². The van der Waals surface area contributed by atoms with Gasteiger partial charge < -0.3 is 5.11 Å². The van der Waals surface area contributed by atoms with Gasteiger partial charge in [0.25, 0.3) is 0 Å². The molecule has 0 unspecified atom stereocenters. The van der Waals surface area contributed by atoms with Gasteiger partial charge in [0.15, 0.2) is 0 Å². The first-order valence-corrected chi connectivity index (χ1v) is 8.90. The molecule has 0 heterocycles. The third-order valence-corrected chi connectivity index (χ3v) is 5.20. The fraction of sp³-hybridized carbons (Fsp3) is 0. The van der Waals surface area contributed by atoms with E-state index in [1.807, 2.05) is 36.4 Å². The molecule has 0 radical (unpaired) electrons. The molecule has 27 heavy (non-hydrogen) atoms. The molecule has 5 aromatic rings. The summed E-state index contributed by atoms with van der Waals surface area (Å²) < 4.78 is 0. The van der Waals surface area contributed by atoms with Crippen molar-refractivity contribution in [1.82, 2.24) is 0 Å². The van der Waals surface area contributed by atoms with Crippen LogP contribution in [0.25, 0.3) is 43.4 Å². The summed E-state index contributed by atoms with van der Waals surface area (Å²) in [5.41, 5.74) is 2.05. The van der Waals surface area contributed by atoms with Crippen molar-refractivity contribution in [2.24, 2.45) is 0 Å². The number of benzene rings is 5. The van der Waals surface area contributed by atoms with Crippen molar-refractivity contribution in [3.63, 3.8) is 0 Å². The second-order valence-corrected chi connectivity index (χ2v) is 6.71. The van der Waals surface area contributed by atoms with Gasteiger partial charge in [-0.15, -0.1) is 0 Å². The molecule has 0 bridgehead atoms. The van der Waals surface area contributed by atoms with Gasteiger partial charge in [0.2, 0.25) is 0 Å². The van der Waals surface area contributed by atoms with E-state index < -0.39 is 5.97 Å². The third-order valence-electron chi connectivity index (χ3n) is 5.20. The number of fused-ring (bicyclic) bond motifs is 4. The van der Waals surface area contributed by atoms with Crippen LogP contribution in [0.1, 0.15) is 10.4 Å². The molecule has 0 saturated carbocycles. The molecule has 0 aliphatic heterocycles. The van der Waals surface area contributed by atoms with Crippen molar-refractivity contribution in [2.75, 3.05) is 0 Å². The summed E-state index contributed by atoms with van der Waals surface area (Å²) in [5.74, 6) is -0.910. The van der Waals surface area contributed by atoms with Crippen LogP contribution < -0.4 is 0 Å². The van der Waals surface area contributed by atoms with E-state index in [1.54, 1.807) is 12.1 Å². The van der Waals surface area contributed by atoms with Crippen molar-refractivity contribution < 1.29 is 9.90 Å². The average Bonchev–Trinajstić information content (AvgIpc) is 2.72. The molecular weight excluding hydrogens is 332 g/mol. The lowest BCUT2D eigenvalue weighted by Crippen LogP contribution is -2.00. The highest BCUT2D eigenvalue weighted by molar-refractivity contribution is 6.21. The van der Waals surface area contributed by atoms with Crippen LogP contribution in [0.5, 0.6) is 0 Å². The summed E-state index contributed by atoms with van der Waals surface area (Å²) in [5, 5.41) is 16.5. The van der Waals surface area contributed by atoms with Crippen molar-refractivity contribution in [3.8, 4) is 11.1 Å². The maximum absolute atomic E-state index is 11.9. The number of carboxylic acid groups (broad SMARTS) is 1. The number of carboxylic acids is 1. The zero-order valence-electron chi connectivity index (χ0n) is 14.5. The molecule has 0 fully saturated rings. The van der Waals surface area contributed by atoms with Gasteiger partial charge in [0.05, 0.1) is 5.56 Å². The van der Waals surface area contributed by atoms with Crippen LogP contribution in [0, 0.1) is 0 Å². The number of hydrogen-bond donors (Lipinski definition) is 1. The normalized spacial score (nSPS) is 11.3. The maximum atomic E-state index is 11.9. The van der Waals surface area contributed by atoms with Crippen LogP contribution in [0.15, 0.2) is 91.0 Å². The minimum Gasteiger partial charge on any atom is -0.478 e. The second kappa shape index (κ2) is 5.96. The number of carbonyl (C=O) groups is 1. The quantitative estimate of drug-likeness (QED) is 0.291. The van der Waals surface area contributed by atoms with Crippen LogP contribution in [-0.4, -0.2) is 11.1 Å². The largest absolute Gasteiger partial charge is 0.478 e. The molecule has 0 aliphatic carbocycles. The van der Waals surface area contributed by atoms with Crippen molar-refractivity contribution in [2.45, 2.75) is 0 Å². The minimum absolute atomic E-state index is 0.323. The van der Waals surface area contributed by atoms with Crippen LogP contribution in [0.4, 0.5) is 0 Å². The van der Waals surface area contributed by atoms with Crippen LogP contribution in [0.2, 0.25) is 0 Å². The van der Waals surface area contributed by atoms with Gasteiger partial charge in [-0.1, -0.05) is 78.9 Å². The number of hydrogen-bond acceptors (Lipinski definition) is 1. The molecule has 0 amide bonds. The second-order valence-electron chi connectivity index (χ2n) is 6.71. The summed E-state index contributed by atoms with van der Waals surface area (Å²) in [6.07, 6.45) is 0. The number of rotatable bonds is 2. The Morgan fingerprint density at radius 2 is 1.26 bits per heavy atom. The molecule has 5 aromatic carbocycles. The minimum atomic E-state index is -0.910. The maximum Gasteiger partial charge on any atom is 0.336 e. The molecule has 0 atom stereocenters. The highest BCUT2D eigenvalue weighted by atomic mass is 16.4. The predicted octanol–water partition coefficient (Wildman–Crippen LogP) is 6.51. The Morgan fingerprint density at radius 3 is 2.07 bits per heavy atom. The van der Waals surface area contributed by atoms with Gasteiger partial charge in [0.1, 0.15) is 0 Å². The smallest absolute Gasteiger partial charge is 0.336 e. The van der Waals surface area contributed by atoms with Crippen LogP contribution in [0.3, 0.4) is 0 Å². The topological polar surface area (TPSA) is 37.3 Å². The summed E-state index contributed by atoms with van der Waals surface area (Å²) in [6, 6.07) is 30.2. The molecular formula is C25H16O2. The first-order chi connectivity index (χ1) is 13.2. The van der Waals surface area contributed by atoms with Crippen molar-refractivity contribution in [3.05, 3.63) is 96.6 Å². The lowest BCUT2D eigenvalue weighted by atomic mass is 9.88. The molecule has 0 aliphatic rings. The van der Waals surface area contributed by atoms with E-state index in [-0.39, 0.29) is 0 Å². The van der Waals surface area contributed by atoms with E-state index >= 15 is 0 Å². The summed E-state index contributed by atoms with van der Waals surface area (Å²) in [4.78, 5) is 11.9. The Bertz CT molecular complexity index is 1350. The first-order valence-electron chi connectivity index (χ1n) is 8.90. The Morgan fingerprint density at radius 1 is 0.593 bits per heavy atom. The zero-order valence-corrected chi connectivity index (χ0v) is 14.5. The Hall–Kier alpha value is -3.65. The Kier molecular flexibility index (Phi) is 3.44. The van der Waals surface area contributed by atoms with Gasteiger partial charge in [-0.2, -0.15) is 0 Å². The van der Waals surface area contributed by atoms with Crippen LogP contribution >= 0.6 is 0 Å². The fourth-order valence-corrected chi connectivity index (χ4v) is 4.00. The Balaban J connectivity index is 2.04. The lowest BCUT2D eigenvalue weighted by molar-refractivity contribution is 0.0698. The average molecular weight is 348 g/mol. The third kappa shape index (κ3) is 2.38. The van der Waals surface area contributed by atoms with Crippen molar-refractivity contribution in [1.29, 1.82) is 0 Å². The fourth-order valence-electron chi connectivity index (χ4n) is 4.00. The van der Waals surface area contributed by atoms with E-state index in [2.05, 4.69) is 42.5 Å². The van der Waals surface area contributed by atoms with Gasteiger partial charge >= 0.3 is 5.97 Å². The molecule has 0 spiro atoms. The zero-order chi connectivity index (χ0) is 18.4. The van der Waals surface area contributed by atoms with E-state index in [0.29, 0.717) is 5.56 Å². The molecule has 5 rings (SSSR count). The SMILES string of the molecule is O=C(O)c1ccccc1-c1c2ccccc2cc2c1ccc1ccccc12. The summed E-state index contributed by atoms with van der Waals surface area (Å²) >= 11 is 0. The molecule has 128 valence electrons. The van der Waals surface area contributed by atoms with Gasteiger partial charge in [-0.3, -0.25) is 0 Å².